The molecule has 0 aliphatic carbocycles. The number of ether oxygens (including phenoxy) is 2. The first-order chi connectivity index (χ1) is 8.65. The normalized spacial score (nSPS) is 26.5. The zero-order valence-electron chi connectivity index (χ0n) is 10.1. The van der Waals surface area contributed by atoms with Crippen molar-refractivity contribution in [1.82, 2.24) is 0 Å². The summed E-state index contributed by atoms with van der Waals surface area (Å²) in [4.78, 5) is 24.1. The van der Waals surface area contributed by atoms with Crippen LogP contribution in [-0.4, -0.2) is 25.2 Å². The van der Waals surface area contributed by atoms with E-state index in [4.69, 9.17) is 9.47 Å². The van der Waals surface area contributed by atoms with Crippen LogP contribution >= 0.6 is 0 Å². The lowest BCUT2D eigenvalue weighted by atomic mass is 9.78. The summed E-state index contributed by atoms with van der Waals surface area (Å²) in [6, 6.07) is 8.82. The highest BCUT2D eigenvalue weighted by atomic mass is 16.6. The fraction of sp³-hybridized carbons (Fsp3) is 0.286. The van der Waals surface area contributed by atoms with Crippen molar-refractivity contribution in [2.45, 2.75) is 17.9 Å². The van der Waals surface area contributed by atoms with Gasteiger partial charge in [-0.15, -0.1) is 0 Å². The molecule has 4 nitrogen and oxygen atoms in total. The molecule has 0 saturated carbocycles. The van der Waals surface area contributed by atoms with E-state index in [1.54, 1.807) is 24.3 Å². The standard InChI is InChI=1S/C14H14O4/c1-3-11-9-14(12(15)17-2,13(16)18-11)10-7-5-4-6-8-10/h3-8,11H,1,9H2,2H3. The lowest BCUT2D eigenvalue weighted by Crippen LogP contribution is -2.41. The minimum atomic E-state index is -1.37. The third-order valence-corrected chi connectivity index (χ3v) is 3.18. The Hall–Kier alpha value is -2.10. The molecule has 1 aromatic rings. The summed E-state index contributed by atoms with van der Waals surface area (Å²) in [5, 5.41) is 0. The zero-order valence-corrected chi connectivity index (χ0v) is 10.1. The van der Waals surface area contributed by atoms with Gasteiger partial charge in [-0.1, -0.05) is 43.0 Å². The van der Waals surface area contributed by atoms with E-state index >= 15 is 0 Å². The molecule has 4 heteroatoms. The quantitative estimate of drug-likeness (QED) is 0.462. The molecule has 1 aliphatic heterocycles. The van der Waals surface area contributed by atoms with Crippen LogP contribution in [0.1, 0.15) is 12.0 Å². The van der Waals surface area contributed by atoms with Crippen molar-refractivity contribution in [2.24, 2.45) is 0 Å². The number of benzene rings is 1. The molecule has 2 rings (SSSR count). The van der Waals surface area contributed by atoms with Gasteiger partial charge in [0.2, 0.25) is 0 Å². The molecular formula is C14H14O4. The molecule has 1 saturated heterocycles. The molecule has 2 atom stereocenters. The van der Waals surface area contributed by atoms with Crippen molar-refractivity contribution in [3.05, 3.63) is 48.6 Å². The van der Waals surface area contributed by atoms with E-state index in [1.165, 1.54) is 13.2 Å². The fourth-order valence-corrected chi connectivity index (χ4v) is 2.21. The minimum Gasteiger partial charge on any atom is -0.468 e. The molecule has 18 heavy (non-hydrogen) atoms. The van der Waals surface area contributed by atoms with E-state index in [0.717, 1.165) is 0 Å². The summed E-state index contributed by atoms with van der Waals surface area (Å²) >= 11 is 0. The molecule has 2 unspecified atom stereocenters. The molecule has 0 bridgehead atoms. The Morgan fingerprint density at radius 2 is 2.17 bits per heavy atom. The topological polar surface area (TPSA) is 52.6 Å². The molecular weight excluding hydrogens is 232 g/mol. The zero-order chi connectivity index (χ0) is 13.2. The Morgan fingerprint density at radius 1 is 1.50 bits per heavy atom. The second-order valence-corrected chi connectivity index (χ2v) is 4.15. The highest BCUT2D eigenvalue weighted by molar-refractivity contribution is 6.07. The van der Waals surface area contributed by atoms with Gasteiger partial charge in [0, 0.05) is 6.42 Å². The summed E-state index contributed by atoms with van der Waals surface area (Å²) in [5.41, 5.74) is -0.777. The summed E-state index contributed by atoms with van der Waals surface area (Å²) < 4.78 is 9.93. The van der Waals surface area contributed by atoms with Gasteiger partial charge in [-0.2, -0.15) is 0 Å². The van der Waals surface area contributed by atoms with Gasteiger partial charge in [-0.3, -0.25) is 9.59 Å². The van der Waals surface area contributed by atoms with E-state index in [-0.39, 0.29) is 6.42 Å². The van der Waals surface area contributed by atoms with Crippen LogP contribution in [0.3, 0.4) is 0 Å². The van der Waals surface area contributed by atoms with Crippen LogP contribution in [0.5, 0.6) is 0 Å². The average molecular weight is 246 g/mol. The third kappa shape index (κ3) is 1.70. The fourth-order valence-electron chi connectivity index (χ4n) is 2.21. The van der Waals surface area contributed by atoms with Crippen molar-refractivity contribution < 1.29 is 19.1 Å². The summed E-state index contributed by atoms with van der Waals surface area (Å²) in [6.07, 6.45) is 1.29. The summed E-state index contributed by atoms with van der Waals surface area (Å²) in [6.45, 7) is 3.59. The first kappa shape index (κ1) is 12.4. The lowest BCUT2D eigenvalue weighted by molar-refractivity contribution is -0.157. The van der Waals surface area contributed by atoms with Gasteiger partial charge in [0.1, 0.15) is 6.10 Å². The first-order valence-corrected chi connectivity index (χ1v) is 5.62. The van der Waals surface area contributed by atoms with Crippen LogP contribution in [0.4, 0.5) is 0 Å². The predicted molar refractivity (Wildman–Crippen MR) is 64.8 cm³/mol. The number of carbonyl (C=O) groups is 2. The molecule has 1 aromatic carbocycles. The molecule has 0 amide bonds. The van der Waals surface area contributed by atoms with Gasteiger partial charge in [-0.25, -0.2) is 0 Å². The van der Waals surface area contributed by atoms with Crippen LogP contribution in [0, 0.1) is 0 Å². The summed E-state index contributed by atoms with van der Waals surface area (Å²) in [7, 11) is 1.27. The number of cyclic esters (lactones) is 1. The Labute approximate surface area is 105 Å². The number of methoxy groups -OCH3 is 1. The van der Waals surface area contributed by atoms with Crippen LogP contribution in [-0.2, 0) is 24.5 Å². The predicted octanol–water partition coefficient (Wildman–Crippen LogP) is 1.60. The van der Waals surface area contributed by atoms with Gasteiger partial charge in [0.05, 0.1) is 7.11 Å². The molecule has 0 aromatic heterocycles. The van der Waals surface area contributed by atoms with Crippen LogP contribution < -0.4 is 0 Å². The van der Waals surface area contributed by atoms with Crippen LogP contribution in [0.2, 0.25) is 0 Å². The maximum absolute atomic E-state index is 12.1. The van der Waals surface area contributed by atoms with Gasteiger partial charge in [0.25, 0.3) is 0 Å². The van der Waals surface area contributed by atoms with Crippen molar-refractivity contribution in [3.8, 4) is 0 Å². The number of rotatable bonds is 3. The van der Waals surface area contributed by atoms with Gasteiger partial charge < -0.3 is 9.47 Å². The van der Waals surface area contributed by atoms with Crippen LogP contribution in [0.15, 0.2) is 43.0 Å². The Kier molecular flexibility index (Phi) is 3.19. The molecule has 1 heterocycles. The van der Waals surface area contributed by atoms with Gasteiger partial charge in [-0.05, 0) is 5.56 Å². The third-order valence-electron chi connectivity index (χ3n) is 3.18. The Balaban J connectivity index is 2.52. The second kappa shape index (κ2) is 4.64. The van der Waals surface area contributed by atoms with E-state index in [9.17, 15) is 9.59 Å². The number of hydrogen-bond donors (Lipinski definition) is 0. The van der Waals surface area contributed by atoms with E-state index < -0.39 is 23.5 Å². The molecule has 94 valence electrons. The largest absolute Gasteiger partial charge is 0.468 e. The number of hydrogen-bond acceptors (Lipinski definition) is 4. The number of esters is 2. The van der Waals surface area contributed by atoms with E-state index in [0.29, 0.717) is 5.56 Å². The highest BCUT2D eigenvalue weighted by Crippen LogP contribution is 2.39. The molecule has 1 aliphatic rings. The van der Waals surface area contributed by atoms with Gasteiger partial charge in [0.15, 0.2) is 5.41 Å². The monoisotopic (exact) mass is 246 g/mol. The maximum atomic E-state index is 12.1. The smallest absolute Gasteiger partial charge is 0.328 e. The van der Waals surface area contributed by atoms with Crippen molar-refractivity contribution in [1.29, 1.82) is 0 Å². The molecule has 0 radical (unpaired) electrons. The molecule has 0 spiro atoms. The van der Waals surface area contributed by atoms with Crippen LogP contribution in [0.25, 0.3) is 0 Å². The Morgan fingerprint density at radius 3 is 2.67 bits per heavy atom. The average Bonchev–Trinajstić information content (AvgIpc) is 2.77. The SMILES string of the molecule is C=CC1CC(C(=O)OC)(c2ccccc2)C(=O)O1. The Bertz CT molecular complexity index is 480. The van der Waals surface area contributed by atoms with Crippen molar-refractivity contribution in [3.63, 3.8) is 0 Å². The summed E-state index contributed by atoms with van der Waals surface area (Å²) in [5.74, 6) is -1.17. The molecule has 0 N–H and O–H groups in total. The number of carbonyl (C=O) groups excluding carboxylic acids is 2. The highest BCUT2D eigenvalue weighted by Gasteiger charge is 2.56. The van der Waals surface area contributed by atoms with Gasteiger partial charge >= 0.3 is 11.9 Å². The minimum absolute atomic E-state index is 0.228. The maximum Gasteiger partial charge on any atom is 0.328 e. The molecule has 1 fully saturated rings. The second-order valence-electron chi connectivity index (χ2n) is 4.15. The van der Waals surface area contributed by atoms with Crippen molar-refractivity contribution >= 4 is 11.9 Å². The van der Waals surface area contributed by atoms with E-state index in [2.05, 4.69) is 6.58 Å². The lowest BCUT2D eigenvalue weighted by Gasteiger charge is -2.21. The van der Waals surface area contributed by atoms with E-state index in [1.807, 2.05) is 6.07 Å². The van der Waals surface area contributed by atoms with Crippen molar-refractivity contribution in [2.75, 3.05) is 7.11 Å². The first-order valence-electron chi connectivity index (χ1n) is 5.62.